The molecule has 0 saturated carbocycles. The lowest BCUT2D eigenvalue weighted by atomic mass is 9.92. The quantitative estimate of drug-likeness (QED) is 0.689. The van der Waals surface area contributed by atoms with Crippen LogP contribution in [0.2, 0.25) is 0 Å². The molecular weight excluding hydrogens is 340 g/mol. The monoisotopic (exact) mass is 362 g/mol. The Kier molecular flexibility index (Phi) is 4.15. The molecule has 0 amide bonds. The highest BCUT2D eigenvalue weighted by Crippen LogP contribution is 2.27. The van der Waals surface area contributed by atoms with E-state index in [9.17, 15) is 0 Å². The fourth-order valence-electron chi connectivity index (χ4n) is 3.20. The van der Waals surface area contributed by atoms with Crippen molar-refractivity contribution in [3.8, 4) is 6.07 Å². The zero-order valence-electron chi connectivity index (χ0n) is 15.8. The van der Waals surface area contributed by atoms with Crippen LogP contribution in [0.15, 0.2) is 30.7 Å². The smallest absolute Gasteiger partial charge is 0.226 e. The summed E-state index contributed by atoms with van der Waals surface area (Å²) in [5.74, 6) is 1.56. The first kappa shape index (κ1) is 17.2. The summed E-state index contributed by atoms with van der Waals surface area (Å²) >= 11 is 0. The van der Waals surface area contributed by atoms with Crippen molar-refractivity contribution in [3.05, 3.63) is 42.1 Å². The van der Waals surface area contributed by atoms with E-state index >= 15 is 0 Å². The van der Waals surface area contributed by atoms with Crippen molar-refractivity contribution in [2.24, 2.45) is 0 Å². The second kappa shape index (κ2) is 6.50. The van der Waals surface area contributed by atoms with Gasteiger partial charge in [0.05, 0.1) is 5.69 Å². The molecule has 0 atom stereocenters. The van der Waals surface area contributed by atoms with Crippen LogP contribution >= 0.6 is 0 Å². The van der Waals surface area contributed by atoms with Gasteiger partial charge < -0.3 is 9.80 Å². The van der Waals surface area contributed by atoms with Crippen LogP contribution in [-0.4, -0.2) is 50.7 Å². The Bertz CT molecular complexity index is 1000. The van der Waals surface area contributed by atoms with Crippen LogP contribution < -0.4 is 9.80 Å². The molecule has 1 aliphatic heterocycles. The molecule has 1 aliphatic rings. The van der Waals surface area contributed by atoms with Crippen molar-refractivity contribution < 1.29 is 0 Å². The van der Waals surface area contributed by atoms with Crippen molar-refractivity contribution in [2.45, 2.75) is 26.2 Å². The number of hydrogen-bond acceptors (Lipinski definition) is 7. The van der Waals surface area contributed by atoms with Crippen LogP contribution in [-0.2, 0) is 5.41 Å². The molecule has 3 aromatic heterocycles. The molecule has 0 N–H and O–H groups in total. The van der Waals surface area contributed by atoms with E-state index in [1.807, 2.05) is 10.7 Å². The lowest BCUT2D eigenvalue weighted by Crippen LogP contribution is -2.47. The van der Waals surface area contributed by atoms with Crippen LogP contribution in [0.5, 0.6) is 0 Å². The normalized spacial score (nSPS) is 15.2. The van der Waals surface area contributed by atoms with E-state index in [0.717, 1.165) is 43.2 Å². The van der Waals surface area contributed by atoms with Gasteiger partial charge in [-0.2, -0.15) is 10.4 Å². The fourth-order valence-corrected chi connectivity index (χ4v) is 3.20. The first-order valence-electron chi connectivity index (χ1n) is 9.03. The third kappa shape index (κ3) is 3.28. The van der Waals surface area contributed by atoms with Gasteiger partial charge in [0.2, 0.25) is 5.95 Å². The van der Waals surface area contributed by atoms with Crippen LogP contribution in [0.4, 0.5) is 11.8 Å². The van der Waals surface area contributed by atoms with E-state index in [1.165, 1.54) is 0 Å². The maximum Gasteiger partial charge on any atom is 0.226 e. The molecular formula is C19H22N8. The van der Waals surface area contributed by atoms with Gasteiger partial charge in [-0.15, -0.1) is 0 Å². The third-order valence-electron chi connectivity index (χ3n) is 4.76. The Labute approximate surface area is 158 Å². The van der Waals surface area contributed by atoms with Crippen molar-refractivity contribution >= 4 is 17.3 Å². The molecule has 0 spiro atoms. The summed E-state index contributed by atoms with van der Waals surface area (Å²) in [4.78, 5) is 17.6. The minimum absolute atomic E-state index is 0.00884. The van der Waals surface area contributed by atoms with Gasteiger partial charge in [-0.3, -0.25) is 0 Å². The highest BCUT2D eigenvalue weighted by molar-refractivity contribution is 5.70. The van der Waals surface area contributed by atoms with Gasteiger partial charge in [0.1, 0.15) is 17.3 Å². The van der Waals surface area contributed by atoms with Gasteiger partial charge >= 0.3 is 0 Å². The number of piperazine rings is 1. The van der Waals surface area contributed by atoms with Gasteiger partial charge in [0.25, 0.3) is 0 Å². The molecule has 27 heavy (non-hydrogen) atoms. The predicted octanol–water partition coefficient (Wildman–Crippen LogP) is 2.02. The standard InChI is InChI=1S/C19H22N8/c1-19(2,3)16-12-15-17(21-6-7-27(15)24-16)25-8-10-26(11-9-25)18-22-5-4-14(13-20)23-18/h4-7,12H,8-11H2,1-3H3. The second-order valence-corrected chi connectivity index (χ2v) is 7.69. The molecule has 8 heteroatoms. The lowest BCUT2D eigenvalue weighted by molar-refractivity contribution is 0.562. The third-order valence-corrected chi connectivity index (χ3v) is 4.76. The molecule has 0 radical (unpaired) electrons. The molecule has 138 valence electrons. The maximum atomic E-state index is 9.03. The summed E-state index contributed by atoms with van der Waals surface area (Å²) in [6, 6.07) is 5.82. The highest BCUT2D eigenvalue weighted by atomic mass is 15.3. The van der Waals surface area contributed by atoms with E-state index < -0.39 is 0 Å². The minimum atomic E-state index is -0.00884. The topological polar surface area (TPSA) is 86.2 Å². The Morgan fingerprint density at radius 3 is 2.48 bits per heavy atom. The molecule has 4 rings (SSSR count). The molecule has 0 aliphatic carbocycles. The summed E-state index contributed by atoms with van der Waals surface area (Å²) < 4.78 is 1.91. The van der Waals surface area contributed by atoms with Gasteiger partial charge in [0.15, 0.2) is 5.82 Å². The Morgan fingerprint density at radius 2 is 1.78 bits per heavy atom. The van der Waals surface area contributed by atoms with Gasteiger partial charge in [-0.25, -0.2) is 19.5 Å². The Hall–Kier alpha value is -3.21. The predicted molar refractivity (Wildman–Crippen MR) is 103 cm³/mol. The zero-order valence-corrected chi connectivity index (χ0v) is 15.8. The van der Waals surface area contributed by atoms with E-state index in [2.05, 4.69) is 57.7 Å². The lowest BCUT2D eigenvalue weighted by Gasteiger charge is -2.35. The highest BCUT2D eigenvalue weighted by Gasteiger charge is 2.24. The van der Waals surface area contributed by atoms with Gasteiger partial charge in [0, 0.05) is 50.2 Å². The first-order chi connectivity index (χ1) is 13.0. The number of nitrogens with zero attached hydrogens (tertiary/aromatic N) is 8. The molecule has 0 unspecified atom stereocenters. The zero-order chi connectivity index (χ0) is 19.0. The molecule has 4 heterocycles. The minimum Gasteiger partial charge on any atom is -0.351 e. The summed E-state index contributed by atoms with van der Waals surface area (Å²) in [5.41, 5.74) is 2.46. The molecule has 3 aromatic rings. The number of hydrogen-bond donors (Lipinski definition) is 0. The van der Waals surface area contributed by atoms with Crippen molar-refractivity contribution in [2.75, 3.05) is 36.0 Å². The first-order valence-corrected chi connectivity index (χ1v) is 9.03. The summed E-state index contributed by atoms with van der Waals surface area (Å²) in [6.45, 7) is 9.66. The average Bonchev–Trinajstić information content (AvgIpc) is 3.13. The Balaban J connectivity index is 1.56. The van der Waals surface area contributed by atoms with Crippen molar-refractivity contribution in [1.82, 2.24) is 24.6 Å². The van der Waals surface area contributed by atoms with Crippen molar-refractivity contribution in [1.29, 1.82) is 5.26 Å². The molecule has 0 bridgehead atoms. The number of anilines is 2. The Morgan fingerprint density at radius 1 is 1.04 bits per heavy atom. The van der Waals surface area contributed by atoms with Crippen molar-refractivity contribution in [3.63, 3.8) is 0 Å². The van der Waals surface area contributed by atoms with E-state index in [4.69, 9.17) is 10.4 Å². The van der Waals surface area contributed by atoms with E-state index in [-0.39, 0.29) is 5.41 Å². The number of fused-ring (bicyclic) bond motifs is 1. The maximum absolute atomic E-state index is 9.03. The molecule has 0 aromatic carbocycles. The summed E-state index contributed by atoms with van der Waals surface area (Å²) in [6.07, 6.45) is 5.33. The number of rotatable bonds is 2. The van der Waals surface area contributed by atoms with Gasteiger partial charge in [-0.05, 0) is 12.1 Å². The summed E-state index contributed by atoms with van der Waals surface area (Å²) in [5, 5.41) is 13.7. The van der Waals surface area contributed by atoms with Crippen LogP contribution in [0, 0.1) is 11.3 Å². The van der Waals surface area contributed by atoms with Crippen LogP contribution in [0.1, 0.15) is 32.2 Å². The van der Waals surface area contributed by atoms with Gasteiger partial charge in [-0.1, -0.05) is 20.8 Å². The molecule has 8 nitrogen and oxygen atoms in total. The van der Waals surface area contributed by atoms with E-state index in [0.29, 0.717) is 11.6 Å². The second-order valence-electron chi connectivity index (χ2n) is 7.69. The fraction of sp³-hybridized carbons (Fsp3) is 0.421. The number of nitriles is 1. The van der Waals surface area contributed by atoms with Crippen LogP contribution in [0.3, 0.4) is 0 Å². The largest absolute Gasteiger partial charge is 0.351 e. The van der Waals surface area contributed by atoms with Crippen LogP contribution in [0.25, 0.3) is 5.52 Å². The average molecular weight is 362 g/mol. The molecule has 1 fully saturated rings. The number of aromatic nitrogens is 5. The van der Waals surface area contributed by atoms with E-state index in [1.54, 1.807) is 18.5 Å². The summed E-state index contributed by atoms with van der Waals surface area (Å²) in [7, 11) is 0. The molecule has 1 saturated heterocycles. The SMILES string of the molecule is CC(C)(C)c1cc2c(N3CCN(c4nccc(C#N)n4)CC3)nccn2n1.